The van der Waals surface area contributed by atoms with Crippen LogP contribution in [0.3, 0.4) is 0 Å². The van der Waals surface area contributed by atoms with Gasteiger partial charge in [0.15, 0.2) is 5.03 Å². The van der Waals surface area contributed by atoms with Gasteiger partial charge in [-0.1, -0.05) is 23.7 Å². The summed E-state index contributed by atoms with van der Waals surface area (Å²) < 4.78 is 28.1. The summed E-state index contributed by atoms with van der Waals surface area (Å²) in [4.78, 5) is 18.8. The van der Waals surface area contributed by atoms with Gasteiger partial charge >= 0.3 is 0 Å². The van der Waals surface area contributed by atoms with Crippen molar-refractivity contribution in [1.29, 1.82) is 0 Å². The fraction of sp³-hybridized carbons (Fsp3) is 0.545. The van der Waals surface area contributed by atoms with Crippen molar-refractivity contribution in [2.75, 3.05) is 32.7 Å². The molecule has 174 valence electrons. The average Bonchev–Trinajstić information content (AvgIpc) is 3.46. The third kappa shape index (κ3) is 5.89. The lowest BCUT2D eigenvalue weighted by molar-refractivity contribution is -0.121. The molecule has 1 amide bonds. The molecule has 2 fully saturated rings. The highest BCUT2D eigenvalue weighted by atomic mass is 35.5. The van der Waals surface area contributed by atoms with Gasteiger partial charge in [-0.15, -0.1) is 0 Å². The lowest BCUT2D eigenvalue weighted by atomic mass is 9.96. The van der Waals surface area contributed by atoms with Gasteiger partial charge in [0.05, 0.1) is 6.33 Å². The largest absolute Gasteiger partial charge is 0.354 e. The summed E-state index contributed by atoms with van der Waals surface area (Å²) in [7, 11) is -3.56. The van der Waals surface area contributed by atoms with Crippen LogP contribution in [0.1, 0.15) is 31.2 Å². The van der Waals surface area contributed by atoms with Crippen molar-refractivity contribution in [3.8, 4) is 0 Å². The Hall–Kier alpha value is -1.94. The maximum Gasteiger partial charge on any atom is 0.262 e. The Kier molecular flexibility index (Phi) is 7.50. The number of likely N-dealkylation sites (tertiary alicyclic amines) is 1. The summed E-state index contributed by atoms with van der Waals surface area (Å²) in [5, 5.41) is 3.77. The van der Waals surface area contributed by atoms with Crippen molar-refractivity contribution in [1.82, 2.24) is 24.1 Å². The molecule has 0 aliphatic carbocycles. The third-order valence-electron chi connectivity index (χ3n) is 6.20. The minimum Gasteiger partial charge on any atom is -0.354 e. The van der Waals surface area contributed by atoms with Crippen LogP contribution >= 0.6 is 11.6 Å². The molecule has 2 aliphatic heterocycles. The van der Waals surface area contributed by atoms with Crippen molar-refractivity contribution < 1.29 is 13.2 Å². The number of carbonyl (C=O) groups is 1. The van der Waals surface area contributed by atoms with E-state index in [1.165, 1.54) is 27.0 Å². The molecule has 2 aliphatic rings. The highest BCUT2D eigenvalue weighted by Gasteiger charge is 2.29. The number of imidazole rings is 1. The first-order valence-corrected chi connectivity index (χ1v) is 13.0. The number of nitrogens with one attached hydrogen (secondary N) is 1. The highest BCUT2D eigenvalue weighted by molar-refractivity contribution is 7.89. The van der Waals surface area contributed by atoms with Gasteiger partial charge in [0.1, 0.15) is 6.54 Å². The maximum absolute atomic E-state index is 12.6. The fourth-order valence-electron chi connectivity index (χ4n) is 4.34. The summed E-state index contributed by atoms with van der Waals surface area (Å²) in [5.74, 6) is 0.317. The van der Waals surface area contributed by atoms with E-state index in [1.807, 2.05) is 18.2 Å². The smallest absolute Gasteiger partial charge is 0.262 e. The Balaban J connectivity index is 1.19. The van der Waals surface area contributed by atoms with Crippen molar-refractivity contribution in [2.45, 2.75) is 43.8 Å². The molecule has 0 unspecified atom stereocenters. The number of benzene rings is 1. The Morgan fingerprint density at radius 1 is 1.16 bits per heavy atom. The first kappa shape index (κ1) is 23.2. The second kappa shape index (κ2) is 10.3. The van der Waals surface area contributed by atoms with Crippen molar-refractivity contribution in [3.05, 3.63) is 47.4 Å². The molecular weight excluding hydrogens is 450 g/mol. The molecule has 2 aromatic rings. The Bertz CT molecular complexity index is 1030. The maximum atomic E-state index is 12.6. The van der Waals surface area contributed by atoms with E-state index < -0.39 is 10.0 Å². The minimum absolute atomic E-state index is 0.0132. The van der Waals surface area contributed by atoms with Crippen molar-refractivity contribution in [3.63, 3.8) is 0 Å². The topological polar surface area (TPSA) is 87.5 Å². The van der Waals surface area contributed by atoms with Gasteiger partial charge in [-0.25, -0.2) is 13.4 Å². The molecule has 4 rings (SSSR count). The Labute approximate surface area is 194 Å². The number of rotatable bonds is 8. The zero-order chi connectivity index (χ0) is 22.6. The van der Waals surface area contributed by atoms with Crippen LogP contribution < -0.4 is 5.32 Å². The molecule has 3 heterocycles. The summed E-state index contributed by atoms with van der Waals surface area (Å²) >= 11 is 6.07. The minimum atomic E-state index is -3.56. The molecule has 0 atom stereocenters. The van der Waals surface area contributed by atoms with E-state index in [4.69, 9.17) is 11.6 Å². The summed E-state index contributed by atoms with van der Waals surface area (Å²) in [5.41, 5.74) is 1.22. The number of hydrogen-bond acceptors (Lipinski definition) is 5. The normalized spacial score (nSPS) is 18.8. The number of hydrogen-bond donors (Lipinski definition) is 1. The molecule has 1 aromatic heterocycles. The number of aromatic nitrogens is 2. The van der Waals surface area contributed by atoms with Gasteiger partial charge in [-0.05, 0) is 62.4 Å². The zero-order valence-corrected chi connectivity index (χ0v) is 19.7. The molecule has 0 spiro atoms. The van der Waals surface area contributed by atoms with E-state index in [1.54, 1.807) is 0 Å². The van der Waals surface area contributed by atoms with Crippen LogP contribution in [0, 0.1) is 5.92 Å². The number of halogens is 1. The molecule has 0 radical (unpaired) electrons. The summed E-state index contributed by atoms with van der Waals surface area (Å²) in [6.45, 7) is 4.65. The van der Waals surface area contributed by atoms with Gasteiger partial charge in [0, 0.05) is 37.4 Å². The van der Waals surface area contributed by atoms with Crippen LogP contribution in [0.4, 0.5) is 0 Å². The van der Waals surface area contributed by atoms with Crippen LogP contribution in [-0.4, -0.2) is 65.8 Å². The Morgan fingerprint density at radius 3 is 2.62 bits per heavy atom. The van der Waals surface area contributed by atoms with E-state index in [2.05, 4.69) is 21.3 Å². The predicted molar refractivity (Wildman–Crippen MR) is 123 cm³/mol. The van der Waals surface area contributed by atoms with E-state index in [0.717, 1.165) is 50.3 Å². The van der Waals surface area contributed by atoms with Crippen LogP contribution in [0.25, 0.3) is 0 Å². The molecule has 32 heavy (non-hydrogen) atoms. The fourth-order valence-corrected chi connectivity index (χ4v) is 6.01. The number of carbonyl (C=O) groups excluding carboxylic acids is 1. The van der Waals surface area contributed by atoms with Gasteiger partial charge < -0.3 is 9.88 Å². The lowest BCUT2D eigenvalue weighted by Crippen LogP contribution is -2.39. The number of piperidine rings is 1. The van der Waals surface area contributed by atoms with Crippen LogP contribution in [0.5, 0.6) is 0 Å². The summed E-state index contributed by atoms with van der Waals surface area (Å²) in [6, 6.07) is 7.96. The molecule has 0 saturated carbocycles. The number of amides is 1. The van der Waals surface area contributed by atoms with E-state index in [0.29, 0.717) is 25.6 Å². The van der Waals surface area contributed by atoms with Gasteiger partial charge in [0.25, 0.3) is 10.0 Å². The van der Waals surface area contributed by atoms with Crippen molar-refractivity contribution >= 4 is 27.5 Å². The average molecular weight is 480 g/mol. The van der Waals surface area contributed by atoms with E-state index in [-0.39, 0.29) is 17.5 Å². The Morgan fingerprint density at radius 2 is 1.91 bits per heavy atom. The molecule has 10 heteroatoms. The van der Waals surface area contributed by atoms with Crippen LogP contribution in [0.2, 0.25) is 5.02 Å². The molecule has 1 aromatic carbocycles. The van der Waals surface area contributed by atoms with Gasteiger partial charge in [-0.2, -0.15) is 4.31 Å². The summed E-state index contributed by atoms with van der Waals surface area (Å²) in [6.07, 6.45) is 6.68. The lowest BCUT2D eigenvalue weighted by Gasteiger charge is -2.32. The highest BCUT2D eigenvalue weighted by Crippen LogP contribution is 2.21. The quantitative estimate of drug-likeness (QED) is 0.628. The predicted octanol–water partition coefficient (Wildman–Crippen LogP) is 2.35. The van der Waals surface area contributed by atoms with Crippen molar-refractivity contribution in [2.24, 2.45) is 5.92 Å². The monoisotopic (exact) mass is 479 g/mol. The molecule has 8 nitrogen and oxygen atoms in total. The van der Waals surface area contributed by atoms with Gasteiger partial charge in [0.2, 0.25) is 5.91 Å². The van der Waals surface area contributed by atoms with Crippen LogP contribution in [-0.2, 0) is 27.9 Å². The second-order valence-corrected chi connectivity index (χ2v) is 11.0. The first-order chi connectivity index (χ1) is 15.4. The standard InChI is InChI=1S/C22H30ClN5O3S/c23-20-5-3-4-19(12-20)14-26-10-6-18(7-11-26)13-24-21(29)15-27-16-22(25-17-27)32(30,31)28-8-1-2-9-28/h3-5,12,16-18H,1-2,6-11,13-15H2,(H,24,29). The van der Waals surface area contributed by atoms with Crippen LogP contribution in [0.15, 0.2) is 41.8 Å². The first-order valence-electron chi connectivity index (χ1n) is 11.2. The molecular formula is C22H30ClN5O3S. The number of nitrogens with zero attached hydrogens (tertiary/aromatic N) is 4. The van der Waals surface area contributed by atoms with E-state index >= 15 is 0 Å². The van der Waals surface area contributed by atoms with E-state index in [9.17, 15) is 13.2 Å². The SMILES string of the molecule is O=C(Cn1cnc(S(=O)(=O)N2CCCC2)c1)NCC1CCN(Cc2cccc(Cl)c2)CC1. The molecule has 2 saturated heterocycles. The third-order valence-corrected chi connectivity index (χ3v) is 8.21. The number of sulfonamides is 1. The molecule has 0 bridgehead atoms. The second-order valence-electron chi connectivity index (χ2n) is 8.65. The van der Waals surface area contributed by atoms with Gasteiger partial charge in [-0.3, -0.25) is 9.69 Å². The zero-order valence-electron chi connectivity index (χ0n) is 18.1. The molecule has 1 N–H and O–H groups in total.